The van der Waals surface area contributed by atoms with Gasteiger partial charge in [-0.1, -0.05) is 36.4 Å². The number of benzene rings is 1. The number of hydrogen-bond donors (Lipinski definition) is 1. The van der Waals surface area contributed by atoms with Crippen molar-refractivity contribution in [1.29, 1.82) is 0 Å². The van der Waals surface area contributed by atoms with E-state index >= 15 is 0 Å². The number of urea groups is 1. The first-order valence-electron chi connectivity index (χ1n) is 8.92. The van der Waals surface area contributed by atoms with Crippen molar-refractivity contribution in [2.24, 2.45) is 0 Å². The van der Waals surface area contributed by atoms with Crippen molar-refractivity contribution in [3.8, 4) is 5.88 Å². The normalized spacial score (nSPS) is 20.0. The molecule has 6 nitrogen and oxygen atoms in total. The van der Waals surface area contributed by atoms with Gasteiger partial charge in [-0.2, -0.15) is 0 Å². The zero-order valence-corrected chi connectivity index (χ0v) is 15.2. The number of carbonyl (C=O) groups excluding carboxylic acids is 1. The van der Waals surface area contributed by atoms with Gasteiger partial charge in [-0.3, -0.25) is 0 Å². The average Bonchev–Trinajstić information content (AvgIpc) is 2.67. The third-order valence-electron chi connectivity index (χ3n) is 4.20. The van der Waals surface area contributed by atoms with Crippen LogP contribution in [0, 0.1) is 0 Å². The third-order valence-corrected chi connectivity index (χ3v) is 4.20. The quantitative estimate of drug-likeness (QED) is 0.895. The molecule has 26 heavy (non-hydrogen) atoms. The lowest BCUT2D eigenvalue weighted by Gasteiger charge is -2.41. The molecule has 2 amide bonds. The van der Waals surface area contributed by atoms with Gasteiger partial charge in [0.15, 0.2) is 0 Å². The van der Waals surface area contributed by atoms with Crippen LogP contribution in [-0.4, -0.2) is 47.8 Å². The summed E-state index contributed by atoms with van der Waals surface area (Å²) in [6, 6.07) is 15.2. The molecule has 0 radical (unpaired) electrons. The molecule has 0 bridgehead atoms. The van der Waals surface area contributed by atoms with Crippen molar-refractivity contribution in [3.63, 3.8) is 0 Å². The average molecular weight is 355 g/mol. The van der Waals surface area contributed by atoms with E-state index in [1.54, 1.807) is 6.20 Å². The summed E-state index contributed by atoms with van der Waals surface area (Å²) < 4.78 is 11.8. The highest BCUT2D eigenvalue weighted by Gasteiger charge is 2.37. The van der Waals surface area contributed by atoms with Crippen LogP contribution < -0.4 is 10.1 Å². The van der Waals surface area contributed by atoms with Crippen LogP contribution in [0.3, 0.4) is 0 Å². The molecule has 0 unspecified atom stereocenters. The van der Waals surface area contributed by atoms with Crippen molar-refractivity contribution in [2.45, 2.75) is 32.0 Å². The number of morpholine rings is 1. The molecule has 1 aromatic carbocycles. The van der Waals surface area contributed by atoms with Crippen LogP contribution in [0.4, 0.5) is 4.79 Å². The second-order valence-electron chi connectivity index (χ2n) is 6.54. The lowest BCUT2D eigenvalue weighted by atomic mass is 9.98. The maximum Gasteiger partial charge on any atom is 0.318 e. The minimum Gasteiger partial charge on any atom is -0.475 e. The molecule has 2 heterocycles. The van der Waals surface area contributed by atoms with E-state index in [1.807, 2.05) is 67.3 Å². The van der Waals surface area contributed by atoms with Gasteiger partial charge in [-0.15, -0.1) is 0 Å². The summed E-state index contributed by atoms with van der Waals surface area (Å²) in [6.45, 7) is 5.25. The zero-order chi connectivity index (χ0) is 18.4. The van der Waals surface area contributed by atoms with Crippen molar-refractivity contribution in [3.05, 3.63) is 60.3 Å². The van der Waals surface area contributed by atoms with E-state index in [-0.39, 0.29) is 24.2 Å². The largest absolute Gasteiger partial charge is 0.475 e. The van der Waals surface area contributed by atoms with Crippen molar-refractivity contribution in [2.75, 3.05) is 19.8 Å². The van der Waals surface area contributed by atoms with Crippen molar-refractivity contribution < 1.29 is 14.3 Å². The molecule has 1 aliphatic rings. The standard InChI is InChI=1S/C20H25N3O3/c1-15(2)22-20(24)23-12-13-25-17(14-26-18-10-6-7-11-21-18)19(23)16-8-4-3-5-9-16/h3-11,15,17,19H,12-14H2,1-2H3,(H,22,24)/t17-,19-/m0/s1. The number of aromatic nitrogens is 1. The zero-order valence-electron chi connectivity index (χ0n) is 15.2. The molecule has 138 valence electrons. The number of rotatable bonds is 5. The third kappa shape index (κ3) is 4.52. The fourth-order valence-corrected chi connectivity index (χ4v) is 3.08. The smallest absolute Gasteiger partial charge is 0.318 e. The Bertz CT molecular complexity index is 694. The van der Waals surface area contributed by atoms with Crippen LogP contribution in [0.5, 0.6) is 5.88 Å². The Hall–Kier alpha value is -2.60. The van der Waals surface area contributed by atoms with Crippen LogP contribution in [0.1, 0.15) is 25.5 Å². The number of amides is 2. The number of nitrogens with zero attached hydrogens (tertiary/aromatic N) is 2. The van der Waals surface area contributed by atoms with Gasteiger partial charge in [0.2, 0.25) is 5.88 Å². The number of pyridine rings is 1. The van der Waals surface area contributed by atoms with Gasteiger partial charge >= 0.3 is 6.03 Å². The van der Waals surface area contributed by atoms with E-state index in [2.05, 4.69) is 10.3 Å². The Morgan fingerprint density at radius 1 is 1.27 bits per heavy atom. The first-order chi connectivity index (χ1) is 12.6. The fourth-order valence-electron chi connectivity index (χ4n) is 3.08. The molecule has 2 aromatic rings. The van der Waals surface area contributed by atoms with E-state index in [9.17, 15) is 4.79 Å². The van der Waals surface area contributed by atoms with E-state index < -0.39 is 0 Å². The highest BCUT2D eigenvalue weighted by molar-refractivity contribution is 5.75. The highest BCUT2D eigenvalue weighted by Crippen LogP contribution is 2.30. The first kappa shape index (κ1) is 18.2. The Labute approximate surface area is 154 Å². The molecule has 1 fully saturated rings. The Morgan fingerprint density at radius 2 is 2.04 bits per heavy atom. The predicted octanol–water partition coefficient (Wildman–Crippen LogP) is 3.02. The van der Waals surface area contributed by atoms with Gasteiger partial charge in [0, 0.05) is 24.8 Å². The van der Waals surface area contributed by atoms with Gasteiger partial charge in [0.1, 0.15) is 12.7 Å². The lowest BCUT2D eigenvalue weighted by molar-refractivity contribution is -0.0739. The molecule has 6 heteroatoms. The number of hydrogen-bond acceptors (Lipinski definition) is 4. The minimum absolute atomic E-state index is 0.0741. The van der Waals surface area contributed by atoms with E-state index in [4.69, 9.17) is 9.47 Å². The molecule has 1 saturated heterocycles. The SMILES string of the molecule is CC(C)NC(=O)N1CCO[C@@H](COc2ccccn2)[C@@H]1c1ccccc1. The molecule has 0 spiro atoms. The van der Waals surface area contributed by atoms with Crippen LogP contribution in [0.15, 0.2) is 54.7 Å². The summed E-state index contributed by atoms with van der Waals surface area (Å²) in [5.74, 6) is 0.548. The lowest BCUT2D eigenvalue weighted by Crippen LogP contribution is -2.54. The van der Waals surface area contributed by atoms with Gasteiger partial charge in [-0.05, 0) is 25.5 Å². The van der Waals surface area contributed by atoms with Crippen molar-refractivity contribution in [1.82, 2.24) is 15.2 Å². The molecule has 0 aliphatic carbocycles. The van der Waals surface area contributed by atoms with E-state index in [1.165, 1.54) is 0 Å². The summed E-state index contributed by atoms with van der Waals surface area (Å²) in [5.41, 5.74) is 1.03. The molecule has 1 aliphatic heterocycles. The summed E-state index contributed by atoms with van der Waals surface area (Å²) in [5, 5.41) is 2.98. The van der Waals surface area contributed by atoms with Crippen LogP contribution in [-0.2, 0) is 4.74 Å². The number of ether oxygens (including phenoxy) is 2. The molecule has 2 atom stereocenters. The van der Waals surface area contributed by atoms with Gasteiger partial charge in [-0.25, -0.2) is 9.78 Å². The summed E-state index contributed by atoms with van der Waals surface area (Å²) in [7, 11) is 0. The highest BCUT2D eigenvalue weighted by atomic mass is 16.5. The van der Waals surface area contributed by atoms with Crippen LogP contribution in [0.25, 0.3) is 0 Å². The monoisotopic (exact) mass is 355 g/mol. The molecular formula is C20H25N3O3. The molecule has 1 N–H and O–H groups in total. The topological polar surface area (TPSA) is 63.7 Å². The second kappa shape index (κ2) is 8.67. The van der Waals surface area contributed by atoms with Crippen LogP contribution in [0.2, 0.25) is 0 Å². The summed E-state index contributed by atoms with van der Waals surface area (Å²) >= 11 is 0. The van der Waals surface area contributed by atoms with E-state index in [0.717, 1.165) is 5.56 Å². The van der Waals surface area contributed by atoms with Gasteiger partial charge in [0.05, 0.1) is 12.6 Å². The number of nitrogens with one attached hydrogen (secondary N) is 1. The first-order valence-corrected chi connectivity index (χ1v) is 8.92. The van der Waals surface area contributed by atoms with Gasteiger partial charge in [0.25, 0.3) is 0 Å². The maximum absolute atomic E-state index is 12.7. The molecule has 3 rings (SSSR count). The Balaban J connectivity index is 1.80. The minimum atomic E-state index is -0.272. The summed E-state index contributed by atoms with van der Waals surface area (Å²) in [4.78, 5) is 18.7. The van der Waals surface area contributed by atoms with Crippen molar-refractivity contribution >= 4 is 6.03 Å². The molecular weight excluding hydrogens is 330 g/mol. The Kier molecular flexibility index (Phi) is 6.07. The molecule has 1 aromatic heterocycles. The Morgan fingerprint density at radius 3 is 2.73 bits per heavy atom. The van der Waals surface area contributed by atoms with Gasteiger partial charge < -0.3 is 19.7 Å². The molecule has 0 saturated carbocycles. The predicted molar refractivity (Wildman–Crippen MR) is 99.0 cm³/mol. The number of carbonyl (C=O) groups is 1. The van der Waals surface area contributed by atoms with Crippen LogP contribution >= 0.6 is 0 Å². The maximum atomic E-state index is 12.7. The van der Waals surface area contributed by atoms with E-state index in [0.29, 0.717) is 25.6 Å². The summed E-state index contributed by atoms with van der Waals surface area (Å²) in [6.07, 6.45) is 1.42. The second-order valence-corrected chi connectivity index (χ2v) is 6.54. The fraction of sp³-hybridized carbons (Fsp3) is 0.400.